The number of halogens is 1. The van der Waals surface area contributed by atoms with Gasteiger partial charge in [-0.3, -0.25) is 4.57 Å². The third kappa shape index (κ3) is 4.18. The van der Waals surface area contributed by atoms with Gasteiger partial charge in [-0.2, -0.15) is 4.98 Å². The molecular formula is C15H26IN3O4Si. The van der Waals surface area contributed by atoms with Crippen LogP contribution in [0.15, 0.2) is 11.0 Å². The Kier molecular flexibility index (Phi) is 5.80. The van der Waals surface area contributed by atoms with E-state index in [2.05, 4.69) is 38.8 Å². The summed E-state index contributed by atoms with van der Waals surface area (Å²) in [5, 5.41) is 10.4. The average Bonchev–Trinajstić information content (AvgIpc) is 2.80. The summed E-state index contributed by atoms with van der Waals surface area (Å²) >= 11 is 2.02. The molecule has 2 rings (SSSR count). The highest BCUT2D eigenvalue weighted by atomic mass is 127. The van der Waals surface area contributed by atoms with Crippen LogP contribution in [0.2, 0.25) is 18.1 Å². The van der Waals surface area contributed by atoms with Crippen molar-refractivity contribution < 1.29 is 14.3 Å². The van der Waals surface area contributed by atoms with Crippen LogP contribution in [0.4, 0.5) is 5.82 Å². The van der Waals surface area contributed by atoms with Crippen molar-refractivity contribution in [3.8, 4) is 0 Å². The predicted octanol–water partition coefficient (Wildman–Crippen LogP) is 2.10. The molecule has 3 N–H and O–H groups in total. The molecular weight excluding hydrogens is 441 g/mol. The Labute approximate surface area is 156 Å². The molecule has 3 atom stereocenters. The zero-order valence-electron chi connectivity index (χ0n) is 14.7. The smallest absolute Gasteiger partial charge is 0.351 e. The van der Waals surface area contributed by atoms with Crippen LogP contribution in [0.5, 0.6) is 0 Å². The van der Waals surface area contributed by atoms with Crippen LogP contribution in [0.3, 0.4) is 0 Å². The second-order valence-electron chi connectivity index (χ2n) is 7.67. The zero-order chi connectivity index (χ0) is 18.3. The molecule has 1 aliphatic rings. The van der Waals surface area contributed by atoms with Gasteiger partial charge in [0.2, 0.25) is 0 Å². The van der Waals surface area contributed by atoms with E-state index in [4.69, 9.17) is 14.9 Å². The lowest BCUT2D eigenvalue weighted by Crippen LogP contribution is -2.43. The maximum atomic E-state index is 12.0. The normalized spacial score (nSPS) is 25.2. The maximum Gasteiger partial charge on any atom is 0.351 e. The molecule has 9 heteroatoms. The standard InChI is InChI=1S/C15H26IN3O4Si/c1-15(2,3)24(4,5)22-8-11-10(20)6-12(23-11)19-7-9(16)13(17)18-14(19)21/h7,10-12,20H,6,8H2,1-5H3,(H2,17,18,21)/t10?,11-,12-/m1/s1. The molecule has 0 amide bonds. The van der Waals surface area contributed by atoms with Gasteiger partial charge in [-0.05, 0) is 40.7 Å². The molecule has 1 unspecified atom stereocenters. The van der Waals surface area contributed by atoms with Crippen LogP contribution in [-0.2, 0) is 9.16 Å². The quantitative estimate of drug-likeness (QED) is 0.520. The van der Waals surface area contributed by atoms with Gasteiger partial charge in [0, 0.05) is 12.6 Å². The van der Waals surface area contributed by atoms with Gasteiger partial charge in [0.25, 0.3) is 0 Å². The van der Waals surface area contributed by atoms with Gasteiger partial charge in [-0.25, -0.2) is 4.79 Å². The van der Waals surface area contributed by atoms with Gasteiger partial charge in [-0.15, -0.1) is 0 Å². The average molecular weight is 467 g/mol. The zero-order valence-corrected chi connectivity index (χ0v) is 17.9. The highest BCUT2D eigenvalue weighted by Crippen LogP contribution is 2.37. The van der Waals surface area contributed by atoms with E-state index >= 15 is 0 Å². The second kappa shape index (κ2) is 7.02. The molecule has 0 saturated carbocycles. The summed E-state index contributed by atoms with van der Waals surface area (Å²) in [5.41, 5.74) is 5.17. The van der Waals surface area contributed by atoms with E-state index < -0.39 is 32.4 Å². The summed E-state index contributed by atoms with van der Waals surface area (Å²) < 4.78 is 14.1. The molecule has 7 nitrogen and oxygen atoms in total. The summed E-state index contributed by atoms with van der Waals surface area (Å²) in [6, 6.07) is 0. The molecule has 0 spiro atoms. The van der Waals surface area contributed by atoms with E-state index in [0.717, 1.165) is 0 Å². The third-order valence-corrected chi connectivity index (χ3v) is 10.2. The van der Waals surface area contributed by atoms with E-state index in [-0.39, 0.29) is 10.9 Å². The Morgan fingerprint density at radius 3 is 2.75 bits per heavy atom. The van der Waals surface area contributed by atoms with Gasteiger partial charge in [0.05, 0.1) is 16.3 Å². The van der Waals surface area contributed by atoms with Crippen molar-refractivity contribution in [2.45, 2.75) is 63.8 Å². The molecule has 2 heterocycles. The van der Waals surface area contributed by atoms with Crippen LogP contribution < -0.4 is 11.4 Å². The first-order valence-corrected chi connectivity index (χ1v) is 11.9. The van der Waals surface area contributed by atoms with Gasteiger partial charge in [0.1, 0.15) is 18.1 Å². The third-order valence-electron chi connectivity index (χ3n) is 4.86. The minimum Gasteiger partial charge on any atom is -0.414 e. The highest BCUT2D eigenvalue weighted by Gasteiger charge is 2.41. The number of aromatic nitrogens is 2. The SMILES string of the molecule is CC(C)(C)[Si](C)(C)OC[C@H]1O[C@@H](n2cc(I)c(N)nc2=O)CC1O. The topological polar surface area (TPSA) is 99.6 Å². The number of rotatable bonds is 4. The number of ether oxygens (including phenoxy) is 1. The minimum atomic E-state index is -1.92. The van der Waals surface area contributed by atoms with Crippen molar-refractivity contribution in [1.29, 1.82) is 0 Å². The number of nitrogen functional groups attached to an aromatic ring is 1. The molecule has 0 radical (unpaired) electrons. The highest BCUT2D eigenvalue weighted by molar-refractivity contribution is 14.1. The molecule has 1 aromatic rings. The van der Waals surface area contributed by atoms with E-state index in [1.54, 1.807) is 6.20 Å². The van der Waals surface area contributed by atoms with E-state index in [0.29, 0.717) is 16.6 Å². The molecule has 0 aromatic carbocycles. The van der Waals surface area contributed by atoms with Crippen LogP contribution >= 0.6 is 22.6 Å². The minimum absolute atomic E-state index is 0.0872. The summed E-state index contributed by atoms with van der Waals surface area (Å²) in [4.78, 5) is 15.8. The maximum absolute atomic E-state index is 12.0. The molecule has 1 aromatic heterocycles. The number of nitrogens with zero attached hydrogens (tertiary/aromatic N) is 2. The molecule has 136 valence electrons. The van der Waals surface area contributed by atoms with Crippen molar-refractivity contribution >= 4 is 36.7 Å². The lowest BCUT2D eigenvalue weighted by Gasteiger charge is -2.37. The number of hydrogen-bond donors (Lipinski definition) is 2. The summed E-state index contributed by atoms with van der Waals surface area (Å²) in [5.74, 6) is 0.202. The van der Waals surface area contributed by atoms with E-state index in [1.807, 2.05) is 22.6 Å². The Bertz CT molecular complexity index is 659. The summed E-state index contributed by atoms with van der Waals surface area (Å²) in [7, 11) is -1.92. The van der Waals surface area contributed by atoms with Gasteiger partial charge >= 0.3 is 5.69 Å². The molecule has 24 heavy (non-hydrogen) atoms. The van der Waals surface area contributed by atoms with Crippen molar-refractivity contribution in [1.82, 2.24) is 9.55 Å². The first kappa shape index (κ1) is 19.8. The molecule has 1 aliphatic heterocycles. The second-order valence-corrected chi connectivity index (χ2v) is 13.6. The van der Waals surface area contributed by atoms with Crippen molar-refractivity contribution in [3.63, 3.8) is 0 Å². The van der Waals surface area contributed by atoms with Gasteiger partial charge < -0.3 is 20.0 Å². The van der Waals surface area contributed by atoms with E-state index in [1.165, 1.54) is 4.57 Å². The molecule has 1 saturated heterocycles. The van der Waals surface area contributed by atoms with Gasteiger partial charge in [0.15, 0.2) is 8.32 Å². The number of aliphatic hydroxyl groups excluding tert-OH is 1. The number of aliphatic hydroxyl groups is 1. The Morgan fingerprint density at radius 1 is 1.54 bits per heavy atom. The first-order chi connectivity index (χ1) is 10.9. The number of anilines is 1. The lowest BCUT2D eigenvalue weighted by atomic mass is 10.2. The van der Waals surface area contributed by atoms with Crippen molar-refractivity contribution in [2.75, 3.05) is 12.3 Å². The monoisotopic (exact) mass is 467 g/mol. The van der Waals surface area contributed by atoms with Crippen LogP contribution in [0.1, 0.15) is 33.4 Å². The fourth-order valence-electron chi connectivity index (χ4n) is 2.21. The van der Waals surface area contributed by atoms with E-state index in [9.17, 15) is 9.90 Å². The fraction of sp³-hybridized carbons (Fsp3) is 0.733. The van der Waals surface area contributed by atoms with Gasteiger partial charge in [-0.1, -0.05) is 20.8 Å². The fourth-order valence-corrected chi connectivity index (χ4v) is 3.64. The van der Waals surface area contributed by atoms with Crippen molar-refractivity contribution in [2.24, 2.45) is 0 Å². The Balaban J connectivity index is 2.08. The van der Waals surface area contributed by atoms with Crippen LogP contribution in [-0.4, -0.2) is 41.8 Å². The lowest BCUT2D eigenvalue weighted by molar-refractivity contribution is -0.0432. The molecule has 0 aliphatic carbocycles. The summed E-state index contributed by atoms with van der Waals surface area (Å²) in [6.45, 7) is 11.1. The van der Waals surface area contributed by atoms with Crippen LogP contribution in [0.25, 0.3) is 0 Å². The predicted molar refractivity (Wildman–Crippen MR) is 103 cm³/mol. The number of hydrogen-bond acceptors (Lipinski definition) is 6. The van der Waals surface area contributed by atoms with Crippen molar-refractivity contribution in [3.05, 3.63) is 20.3 Å². The van der Waals surface area contributed by atoms with Crippen LogP contribution in [0, 0.1) is 3.57 Å². The molecule has 1 fully saturated rings. The largest absolute Gasteiger partial charge is 0.414 e. The molecule has 0 bridgehead atoms. The Morgan fingerprint density at radius 2 is 2.17 bits per heavy atom. The number of nitrogens with two attached hydrogens (primary N) is 1. The Hall–Kier alpha value is -0.493. The first-order valence-electron chi connectivity index (χ1n) is 7.94. The summed E-state index contributed by atoms with van der Waals surface area (Å²) in [6.07, 6.45) is 0.252.